The van der Waals surface area contributed by atoms with Crippen molar-refractivity contribution in [2.24, 2.45) is 0 Å². The number of rotatable bonds is 4. The second-order valence-electron chi connectivity index (χ2n) is 5.48. The third kappa shape index (κ3) is 3.87. The maximum absolute atomic E-state index is 11.7. The molecule has 23 heavy (non-hydrogen) atoms. The van der Waals surface area contributed by atoms with Crippen LogP contribution < -0.4 is 4.90 Å². The van der Waals surface area contributed by atoms with E-state index in [2.05, 4.69) is 10.2 Å². The van der Waals surface area contributed by atoms with Gasteiger partial charge in [0.1, 0.15) is 0 Å². The second kappa shape index (κ2) is 7.23. The zero-order valence-corrected chi connectivity index (χ0v) is 13.2. The lowest BCUT2D eigenvalue weighted by Gasteiger charge is -2.30. The number of nitrogens with zero attached hydrogens (tertiary/aromatic N) is 3. The molecule has 0 saturated carbocycles. The molecule has 2 aromatic rings. The first-order chi connectivity index (χ1) is 11.3. The monoisotopic (exact) mass is 317 g/mol. The topological polar surface area (TPSA) is 72.9 Å². The molecule has 1 aromatic carbocycles. The number of aromatic nitrogens is 2. The Morgan fingerprint density at radius 2 is 2.00 bits per heavy atom. The maximum Gasteiger partial charge on any atom is 0.410 e. The first-order valence-electron chi connectivity index (χ1n) is 7.89. The second-order valence-corrected chi connectivity index (χ2v) is 5.48. The Morgan fingerprint density at radius 1 is 1.26 bits per heavy atom. The van der Waals surface area contributed by atoms with E-state index < -0.39 is 0 Å². The van der Waals surface area contributed by atoms with Gasteiger partial charge in [-0.3, -0.25) is 4.90 Å². The Hall–Kier alpha value is -2.41. The molecule has 7 heteroatoms. The summed E-state index contributed by atoms with van der Waals surface area (Å²) in [6.45, 7) is 5.98. The van der Waals surface area contributed by atoms with Crippen molar-refractivity contribution in [3.05, 3.63) is 36.2 Å². The van der Waals surface area contributed by atoms with Gasteiger partial charge in [-0.2, -0.15) is 0 Å². The number of amides is 1. The van der Waals surface area contributed by atoms with Crippen molar-refractivity contribution in [1.82, 2.24) is 15.1 Å². The minimum absolute atomic E-state index is 0.226. The summed E-state index contributed by atoms with van der Waals surface area (Å²) in [6.07, 6.45) is -0.226. The third-order valence-electron chi connectivity index (χ3n) is 3.89. The van der Waals surface area contributed by atoms with Gasteiger partial charge in [-0.25, -0.2) is 4.79 Å². The number of hydrogen-bond donors (Lipinski definition) is 1. The number of ether oxygens (including phenoxy) is 1. The molecule has 1 saturated heterocycles. The molecule has 0 aliphatic carbocycles. The van der Waals surface area contributed by atoms with E-state index in [-0.39, 0.29) is 6.09 Å². The van der Waals surface area contributed by atoms with Crippen LogP contribution in [0.15, 0.2) is 34.7 Å². The van der Waals surface area contributed by atoms with Crippen LogP contribution in [-0.4, -0.2) is 54.0 Å². The summed E-state index contributed by atoms with van der Waals surface area (Å²) in [5, 5.41) is 8.23. The molecule has 7 nitrogen and oxygen atoms in total. The summed E-state index contributed by atoms with van der Waals surface area (Å²) in [5.74, 6) is 1.17. The molecule has 0 atom stereocenters. The normalized spacial score (nSPS) is 15.6. The molecule has 1 aliphatic rings. The number of nitrogens with one attached hydrogen (secondary N) is 1. The largest absolute Gasteiger partial charge is 0.450 e. The molecular formula is C16H21N4O3+. The van der Waals surface area contributed by atoms with Crippen molar-refractivity contribution in [3.63, 3.8) is 0 Å². The van der Waals surface area contributed by atoms with Crippen LogP contribution in [0.1, 0.15) is 12.8 Å². The highest BCUT2D eigenvalue weighted by atomic mass is 16.6. The van der Waals surface area contributed by atoms with Crippen molar-refractivity contribution in [2.45, 2.75) is 13.5 Å². The van der Waals surface area contributed by atoms with E-state index >= 15 is 0 Å². The standard InChI is InChI=1S/C16H20N4O3/c1-2-22-16(21)20-10-8-19(9-11-20)12-14-17-18-15(23-14)13-6-4-3-5-7-13/h3-7H,2,8-12H2,1H3/p+1. The zero-order chi connectivity index (χ0) is 16.1. The first kappa shape index (κ1) is 15.5. The SMILES string of the molecule is CCOC(=O)N1CC[NH+](Cc2nnc(-c3ccccc3)o2)CC1. The molecule has 2 heterocycles. The average Bonchev–Trinajstić information content (AvgIpc) is 3.05. The molecule has 0 bridgehead atoms. The Morgan fingerprint density at radius 3 is 2.70 bits per heavy atom. The number of benzene rings is 1. The fourth-order valence-corrected chi connectivity index (χ4v) is 2.63. The zero-order valence-electron chi connectivity index (χ0n) is 13.2. The molecule has 0 unspecified atom stereocenters. The van der Waals surface area contributed by atoms with Crippen LogP contribution in [0, 0.1) is 0 Å². The number of carbonyl (C=O) groups is 1. The predicted molar refractivity (Wildman–Crippen MR) is 82.7 cm³/mol. The lowest BCUT2D eigenvalue weighted by atomic mass is 10.2. The number of piperazine rings is 1. The Balaban J connectivity index is 1.53. The fraction of sp³-hybridized carbons (Fsp3) is 0.438. The average molecular weight is 317 g/mol. The van der Waals surface area contributed by atoms with Gasteiger partial charge in [0.05, 0.1) is 32.8 Å². The maximum atomic E-state index is 11.7. The number of carbonyl (C=O) groups excluding carboxylic acids is 1. The van der Waals surface area contributed by atoms with Gasteiger partial charge in [-0.1, -0.05) is 18.2 Å². The summed E-state index contributed by atoms with van der Waals surface area (Å²) >= 11 is 0. The highest BCUT2D eigenvalue weighted by molar-refractivity contribution is 5.67. The van der Waals surface area contributed by atoms with Gasteiger partial charge < -0.3 is 14.1 Å². The highest BCUT2D eigenvalue weighted by Crippen LogP contribution is 2.16. The summed E-state index contributed by atoms with van der Waals surface area (Å²) in [5.41, 5.74) is 0.924. The van der Waals surface area contributed by atoms with Crippen LogP contribution in [-0.2, 0) is 11.3 Å². The van der Waals surface area contributed by atoms with E-state index in [1.807, 2.05) is 37.3 Å². The third-order valence-corrected chi connectivity index (χ3v) is 3.89. The summed E-state index contributed by atoms with van der Waals surface area (Å²) in [7, 11) is 0. The van der Waals surface area contributed by atoms with E-state index in [1.165, 1.54) is 4.90 Å². The van der Waals surface area contributed by atoms with E-state index in [9.17, 15) is 4.79 Å². The van der Waals surface area contributed by atoms with Crippen LogP contribution in [0.25, 0.3) is 11.5 Å². The first-order valence-corrected chi connectivity index (χ1v) is 7.89. The molecular weight excluding hydrogens is 296 g/mol. The van der Waals surface area contributed by atoms with Crippen molar-refractivity contribution in [2.75, 3.05) is 32.8 Å². The highest BCUT2D eigenvalue weighted by Gasteiger charge is 2.25. The molecule has 0 spiro atoms. The summed E-state index contributed by atoms with van der Waals surface area (Å²) in [6, 6.07) is 9.73. The van der Waals surface area contributed by atoms with Gasteiger partial charge >= 0.3 is 6.09 Å². The molecule has 1 aliphatic heterocycles. The Bertz CT molecular complexity index is 636. The quantitative estimate of drug-likeness (QED) is 0.894. The Labute approximate surface area is 134 Å². The molecule has 122 valence electrons. The van der Waals surface area contributed by atoms with Gasteiger partial charge in [0, 0.05) is 5.56 Å². The van der Waals surface area contributed by atoms with Crippen molar-refractivity contribution < 1.29 is 18.8 Å². The molecule has 1 aromatic heterocycles. The van der Waals surface area contributed by atoms with E-state index in [4.69, 9.17) is 9.15 Å². The summed E-state index contributed by atoms with van der Waals surface area (Å²) in [4.78, 5) is 14.8. The van der Waals surface area contributed by atoms with Crippen molar-refractivity contribution in [3.8, 4) is 11.5 Å². The molecule has 0 radical (unpaired) electrons. The van der Waals surface area contributed by atoms with Gasteiger partial charge in [-0.15, -0.1) is 10.2 Å². The van der Waals surface area contributed by atoms with E-state index in [0.717, 1.165) is 18.7 Å². The fourth-order valence-electron chi connectivity index (χ4n) is 2.63. The molecule has 3 rings (SSSR count). The Kier molecular flexibility index (Phi) is 4.87. The number of hydrogen-bond acceptors (Lipinski definition) is 5. The van der Waals surface area contributed by atoms with Crippen LogP contribution in [0.2, 0.25) is 0 Å². The van der Waals surface area contributed by atoms with Crippen LogP contribution in [0.5, 0.6) is 0 Å². The van der Waals surface area contributed by atoms with Crippen LogP contribution >= 0.6 is 0 Å². The smallest absolute Gasteiger partial charge is 0.410 e. The van der Waals surface area contributed by atoms with E-state index in [0.29, 0.717) is 38.0 Å². The number of quaternary nitrogens is 1. The lowest BCUT2D eigenvalue weighted by Crippen LogP contribution is -3.13. The van der Waals surface area contributed by atoms with Gasteiger partial charge in [0.2, 0.25) is 5.89 Å². The molecule has 1 fully saturated rings. The van der Waals surface area contributed by atoms with Gasteiger partial charge in [0.15, 0.2) is 6.54 Å². The molecule has 1 N–H and O–H groups in total. The van der Waals surface area contributed by atoms with Crippen molar-refractivity contribution >= 4 is 6.09 Å². The van der Waals surface area contributed by atoms with E-state index in [1.54, 1.807) is 4.90 Å². The summed E-state index contributed by atoms with van der Waals surface area (Å²) < 4.78 is 10.8. The minimum Gasteiger partial charge on any atom is -0.450 e. The van der Waals surface area contributed by atoms with Crippen molar-refractivity contribution in [1.29, 1.82) is 0 Å². The van der Waals surface area contributed by atoms with Crippen LogP contribution in [0.4, 0.5) is 4.79 Å². The predicted octanol–water partition coefficient (Wildman–Crippen LogP) is 0.594. The van der Waals surface area contributed by atoms with Crippen LogP contribution in [0.3, 0.4) is 0 Å². The molecule has 1 amide bonds. The lowest BCUT2D eigenvalue weighted by molar-refractivity contribution is -0.918. The minimum atomic E-state index is -0.226. The van der Waals surface area contributed by atoms with Gasteiger partial charge in [0.25, 0.3) is 5.89 Å². The van der Waals surface area contributed by atoms with Gasteiger partial charge in [-0.05, 0) is 19.1 Å².